The molecule has 0 bridgehead atoms. The first-order valence-corrected chi connectivity index (χ1v) is 14.3. The number of hydrogen-bond donors (Lipinski definition) is 2. The second kappa shape index (κ2) is 15.8. The maximum atomic E-state index is 13.1. The number of allylic oxidation sites excluding steroid dienone is 1. The van der Waals surface area contributed by atoms with E-state index in [0.717, 1.165) is 50.1 Å². The largest absolute Gasteiger partial charge is 1.00 e. The number of halogens is 1. The lowest BCUT2D eigenvalue weighted by Gasteiger charge is -2.29. The van der Waals surface area contributed by atoms with Gasteiger partial charge in [0.2, 0.25) is 0 Å². The third-order valence-electron chi connectivity index (χ3n) is 6.91. The first-order valence-electron chi connectivity index (χ1n) is 14.3. The molecule has 0 aromatic heterocycles. The van der Waals surface area contributed by atoms with Crippen LogP contribution in [0.5, 0.6) is 23.0 Å². The summed E-state index contributed by atoms with van der Waals surface area (Å²) in [4.78, 5) is 25.3. The zero-order valence-electron chi connectivity index (χ0n) is 25.7. The van der Waals surface area contributed by atoms with Gasteiger partial charge in [0.25, 0.3) is 5.91 Å². The number of amides is 1. The number of ketones is 1. The number of fused-ring (bicyclic) bond motifs is 1. The van der Waals surface area contributed by atoms with E-state index >= 15 is 0 Å². The summed E-state index contributed by atoms with van der Waals surface area (Å²) >= 11 is 0. The number of quaternary nitrogens is 1. The number of methoxy groups -OCH3 is 1. The van der Waals surface area contributed by atoms with Gasteiger partial charge in [-0.1, -0.05) is 38.0 Å². The zero-order chi connectivity index (χ0) is 30.0. The number of phenols is 1. The molecule has 1 amide bonds. The molecule has 2 aromatic rings. The van der Waals surface area contributed by atoms with Crippen molar-refractivity contribution in [2.24, 2.45) is 0 Å². The Morgan fingerprint density at radius 1 is 1.12 bits per heavy atom. The minimum Gasteiger partial charge on any atom is -1.00 e. The van der Waals surface area contributed by atoms with E-state index in [2.05, 4.69) is 26.3 Å². The number of phenolic OH excluding ortho intramolecular Hbond substituents is 1. The minimum atomic E-state index is -0.521. The molecular formula is C33H45BrN2O6. The van der Waals surface area contributed by atoms with Crippen molar-refractivity contribution in [3.05, 3.63) is 59.2 Å². The van der Waals surface area contributed by atoms with Gasteiger partial charge in [0, 0.05) is 19.0 Å². The summed E-state index contributed by atoms with van der Waals surface area (Å²) < 4.78 is 17.8. The van der Waals surface area contributed by atoms with Crippen LogP contribution in [0.15, 0.2) is 42.5 Å². The van der Waals surface area contributed by atoms with Gasteiger partial charge in [-0.3, -0.25) is 9.59 Å². The molecule has 230 valence electrons. The van der Waals surface area contributed by atoms with E-state index in [9.17, 15) is 14.7 Å². The smallest absolute Gasteiger partial charge is 0.275 e. The fraction of sp³-hybridized carbons (Fsp3) is 0.455. The summed E-state index contributed by atoms with van der Waals surface area (Å²) in [6.07, 6.45) is 10.8. The van der Waals surface area contributed by atoms with Gasteiger partial charge in [0.15, 0.2) is 12.3 Å². The molecule has 0 spiro atoms. The lowest BCUT2D eigenvalue weighted by molar-refractivity contribution is -0.882. The van der Waals surface area contributed by atoms with E-state index in [-0.39, 0.29) is 45.7 Å². The SMILES string of the molecule is CCCCCNC(=O)C[N+](C)(C)CCCOc1ccc(/C=C/C(=O)c2c(OC)cc3c(c2O)C=CC(C)(C)O3)cc1.[Br-]. The molecule has 1 heterocycles. The number of aromatic hydroxyl groups is 1. The molecule has 0 saturated heterocycles. The van der Waals surface area contributed by atoms with Gasteiger partial charge in [-0.25, -0.2) is 0 Å². The van der Waals surface area contributed by atoms with Crippen LogP contribution < -0.4 is 36.5 Å². The summed E-state index contributed by atoms with van der Waals surface area (Å²) in [6, 6.07) is 9.08. The van der Waals surface area contributed by atoms with Gasteiger partial charge in [0.1, 0.15) is 34.2 Å². The number of ether oxygens (including phenoxy) is 3. The van der Waals surface area contributed by atoms with E-state index in [4.69, 9.17) is 14.2 Å². The molecule has 8 nitrogen and oxygen atoms in total. The molecule has 2 N–H and O–H groups in total. The Morgan fingerprint density at radius 3 is 2.50 bits per heavy atom. The first-order chi connectivity index (χ1) is 19.4. The summed E-state index contributed by atoms with van der Waals surface area (Å²) in [5, 5.41) is 13.9. The minimum absolute atomic E-state index is 0. The highest BCUT2D eigenvalue weighted by molar-refractivity contribution is 6.11. The van der Waals surface area contributed by atoms with Crippen LogP contribution in [0, 0.1) is 0 Å². The number of rotatable bonds is 15. The quantitative estimate of drug-likeness (QED) is 0.134. The second-order valence-corrected chi connectivity index (χ2v) is 11.6. The molecule has 0 radical (unpaired) electrons. The highest BCUT2D eigenvalue weighted by atomic mass is 79.9. The number of benzene rings is 2. The Kier molecular flexibility index (Phi) is 13.1. The van der Waals surface area contributed by atoms with Crippen LogP contribution in [0.3, 0.4) is 0 Å². The molecule has 0 fully saturated rings. The Bertz CT molecular complexity index is 1270. The maximum absolute atomic E-state index is 13.1. The van der Waals surface area contributed by atoms with Crippen molar-refractivity contribution in [2.45, 2.75) is 52.1 Å². The lowest BCUT2D eigenvalue weighted by atomic mass is 9.97. The number of likely N-dealkylation sites (N-methyl/N-ethyl adjacent to an activating group) is 1. The summed E-state index contributed by atoms with van der Waals surface area (Å²) in [6.45, 7) is 8.52. The molecule has 0 aliphatic carbocycles. The van der Waals surface area contributed by atoms with Crippen LogP contribution in [-0.2, 0) is 4.79 Å². The molecule has 0 unspecified atom stereocenters. The summed E-state index contributed by atoms with van der Waals surface area (Å²) in [7, 11) is 5.56. The van der Waals surface area contributed by atoms with E-state index in [1.807, 2.05) is 44.2 Å². The molecule has 42 heavy (non-hydrogen) atoms. The van der Waals surface area contributed by atoms with Crippen LogP contribution in [0.2, 0.25) is 0 Å². The Hall–Kier alpha value is -3.30. The molecule has 0 saturated carbocycles. The molecule has 2 aromatic carbocycles. The summed E-state index contributed by atoms with van der Waals surface area (Å²) in [5.74, 6) is 0.990. The molecule has 9 heteroatoms. The van der Waals surface area contributed by atoms with Gasteiger partial charge in [-0.05, 0) is 56.2 Å². The number of nitrogens with one attached hydrogen (secondary N) is 1. The highest BCUT2D eigenvalue weighted by Crippen LogP contribution is 2.43. The average Bonchev–Trinajstić information content (AvgIpc) is 2.91. The van der Waals surface area contributed by atoms with E-state index < -0.39 is 5.60 Å². The average molecular weight is 646 g/mol. The topological polar surface area (TPSA) is 94.1 Å². The number of hydrogen-bond acceptors (Lipinski definition) is 6. The lowest BCUT2D eigenvalue weighted by Crippen LogP contribution is -3.00. The van der Waals surface area contributed by atoms with E-state index in [1.54, 1.807) is 18.2 Å². The van der Waals surface area contributed by atoms with Gasteiger partial charge >= 0.3 is 0 Å². The van der Waals surface area contributed by atoms with E-state index in [1.165, 1.54) is 13.2 Å². The van der Waals surface area contributed by atoms with Gasteiger partial charge in [-0.15, -0.1) is 0 Å². The number of carbonyl (C=O) groups is 2. The van der Waals surface area contributed by atoms with Crippen molar-refractivity contribution in [1.29, 1.82) is 0 Å². The molecule has 0 atom stereocenters. The highest BCUT2D eigenvalue weighted by Gasteiger charge is 2.28. The predicted octanol–water partition coefficient (Wildman–Crippen LogP) is 2.64. The van der Waals surface area contributed by atoms with Gasteiger partial charge in [0.05, 0.1) is 39.9 Å². The van der Waals surface area contributed by atoms with Crippen molar-refractivity contribution in [3.63, 3.8) is 0 Å². The van der Waals surface area contributed by atoms with Crippen LogP contribution >= 0.6 is 0 Å². The predicted molar refractivity (Wildman–Crippen MR) is 163 cm³/mol. The first kappa shape index (κ1) is 34.9. The maximum Gasteiger partial charge on any atom is 0.275 e. The summed E-state index contributed by atoms with van der Waals surface area (Å²) in [5.41, 5.74) is 0.837. The van der Waals surface area contributed by atoms with Gasteiger partial charge < -0.3 is 46.1 Å². The van der Waals surface area contributed by atoms with Gasteiger partial charge in [-0.2, -0.15) is 0 Å². The number of nitrogens with zero attached hydrogens (tertiary/aromatic N) is 1. The van der Waals surface area contributed by atoms with Crippen LogP contribution in [-0.4, -0.2) is 74.3 Å². The number of carbonyl (C=O) groups excluding carboxylic acids is 2. The van der Waals surface area contributed by atoms with Crippen LogP contribution in [0.25, 0.3) is 12.2 Å². The monoisotopic (exact) mass is 644 g/mol. The van der Waals surface area contributed by atoms with Crippen molar-refractivity contribution in [3.8, 4) is 23.0 Å². The Morgan fingerprint density at radius 2 is 1.83 bits per heavy atom. The third kappa shape index (κ3) is 10.2. The van der Waals surface area contributed by atoms with Crippen molar-refractivity contribution in [1.82, 2.24) is 5.32 Å². The fourth-order valence-electron chi connectivity index (χ4n) is 4.62. The van der Waals surface area contributed by atoms with Crippen LogP contribution in [0.1, 0.15) is 67.9 Å². The standard InChI is InChI=1S/C33H44N2O6.BrH/c1-7-8-9-19-34-30(37)23-35(4,5)20-10-21-40-25-14-11-24(12-15-25)13-16-27(36)31-29(39-6)22-28-26(32(31)38)17-18-33(2,3)41-28;/h11-18,22H,7-10,19-21,23H2,1-6H3,(H-,34,36,37,38);1H/b16-13+;. The van der Waals surface area contributed by atoms with Crippen molar-refractivity contribution in [2.75, 3.05) is 47.4 Å². The molecule has 3 rings (SSSR count). The molecule has 1 aliphatic heterocycles. The van der Waals surface area contributed by atoms with E-state index in [0.29, 0.717) is 28.9 Å². The zero-order valence-corrected chi connectivity index (χ0v) is 27.3. The molecule has 1 aliphatic rings. The Balaban J connectivity index is 0.00000616. The molecular weight excluding hydrogens is 600 g/mol. The van der Waals surface area contributed by atoms with Crippen molar-refractivity contribution < 1.29 is 50.4 Å². The second-order valence-electron chi connectivity index (χ2n) is 11.6. The normalized spacial score (nSPS) is 13.6. The van der Waals surface area contributed by atoms with Crippen molar-refractivity contribution >= 4 is 23.8 Å². The van der Waals surface area contributed by atoms with Crippen LogP contribution in [0.4, 0.5) is 0 Å². The Labute approximate surface area is 260 Å². The number of unbranched alkanes of at least 4 members (excludes halogenated alkanes) is 2. The fourth-order valence-corrected chi connectivity index (χ4v) is 4.62. The third-order valence-corrected chi connectivity index (χ3v) is 6.91.